The number of amides is 2. The number of hydrogen-bond donors (Lipinski definition) is 2. The summed E-state index contributed by atoms with van der Waals surface area (Å²) in [6, 6.07) is 0.251. The highest BCUT2D eigenvalue weighted by Crippen LogP contribution is 2.54. The molecule has 1 spiro atoms. The van der Waals surface area contributed by atoms with Gasteiger partial charge in [0.25, 0.3) is 11.8 Å². The molecule has 4 atom stereocenters. The fourth-order valence-corrected chi connectivity index (χ4v) is 6.67. The molecule has 3 N–H and O–H groups in total. The predicted molar refractivity (Wildman–Crippen MR) is 122 cm³/mol. The molecule has 3 aliphatic heterocycles. The SMILES string of the molecule is CC1S[C@]2(CC[C@H](C)N3C[C@H]2n2cc(C(N)=O)c(=O)c(O)c2C3=O)ON1Cc1c(F)cc(F)cc1F. The second kappa shape index (κ2) is 8.53. The Morgan fingerprint density at radius 3 is 2.56 bits per heavy atom. The minimum Gasteiger partial charge on any atom is -0.503 e. The third-order valence-electron chi connectivity index (χ3n) is 7.06. The third-order valence-corrected chi connectivity index (χ3v) is 8.59. The summed E-state index contributed by atoms with van der Waals surface area (Å²) in [7, 11) is 0. The Morgan fingerprint density at radius 1 is 1.25 bits per heavy atom. The van der Waals surface area contributed by atoms with Gasteiger partial charge in [0.1, 0.15) is 23.0 Å². The van der Waals surface area contributed by atoms with Gasteiger partial charge < -0.3 is 20.3 Å². The van der Waals surface area contributed by atoms with Crippen LogP contribution in [0.3, 0.4) is 0 Å². The molecular formula is C23H23F3N4O5S. The predicted octanol–water partition coefficient (Wildman–Crippen LogP) is 2.47. The lowest BCUT2D eigenvalue weighted by Gasteiger charge is -2.42. The minimum absolute atomic E-state index is 0.139. The van der Waals surface area contributed by atoms with Crippen molar-refractivity contribution in [3.05, 3.63) is 62.8 Å². The molecular weight excluding hydrogens is 501 g/mol. The fourth-order valence-electron chi connectivity index (χ4n) is 5.14. The fraction of sp³-hybridized carbons (Fsp3) is 0.435. The molecule has 2 fully saturated rings. The van der Waals surface area contributed by atoms with E-state index in [9.17, 15) is 32.7 Å². The molecule has 4 heterocycles. The van der Waals surface area contributed by atoms with Crippen LogP contribution in [-0.4, -0.2) is 54.3 Å². The van der Waals surface area contributed by atoms with Crippen LogP contribution in [0.4, 0.5) is 13.2 Å². The summed E-state index contributed by atoms with van der Waals surface area (Å²) in [4.78, 5) is 44.5. The van der Waals surface area contributed by atoms with E-state index >= 15 is 0 Å². The van der Waals surface area contributed by atoms with E-state index in [1.165, 1.54) is 26.3 Å². The van der Waals surface area contributed by atoms with Gasteiger partial charge in [-0.25, -0.2) is 13.2 Å². The largest absolute Gasteiger partial charge is 0.503 e. The number of hydroxylamine groups is 2. The molecule has 2 saturated heterocycles. The molecule has 5 rings (SSSR count). The summed E-state index contributed by atoms with van der Waals surface area (Å²) in [5.74, 6) is -5.62. The number of primary amides is 1. The lowest BCUT2D eigenvalue weighted by atomic mass is 10.0. The maximum atomic E-state index is 14.4. The van der Waals surface area contributed by atoms with E-state index in [1.54, 1.807) is 6.92 Å². The number of halogens is 3. The van der Waals surface area contributed by atoms with Crippen molar-refractivity contribution in [1.82, 2.24) is 14.5 Å². The van der Waals surface area contributed by atoms with Crippen LogP contribution in [0.5, 0.6) is 5.75 Å². The van der Waals surface area contributed by atoms with Crippen molar-refractivity contribution in [3.63, 3.8) is 0 Å². The number of hydrogen-bond acceptors (Lipinski definition) is 7. The van der Waals surface area contributed by atoms with Crippen LogP contribution in [0, 0.1) is 17.5 Å². The van der Waals surface area contributed by atoms with Gasteiger partial charge in [-0.15, -0.1) is 11.8 Å². The van der Waals surface area contributed by atoms with Gasteiger partial charge in [0, 0.05) is 36.5 Å². The Kier molecular flexibility index (Phi) is 5.84. The van der Waals surface area contributed by atoms with Crippen molar-refractivity contribution >= 4 is 23.6 Å². The Hall–Kier alpha value is -3.03. The van der Waals surface area contributed by atoms with Gasteiger partial charge in [0.2, 0.25) is 5.43 Å². The van der Waals surface area contributed by atoms with Crippen molar-refractivity contribution in [2.75, 3.05) is 6.54 Å². The number of benzene rings is 1. The first kappa shape index (κ1) is 24.7. The summed E-state index contributed by atoms with van der Waals surface area (Å²) >= 11 is 1.35. The standard InChI is InChI=1S/C23H23F3N4O5S/c1-10-3-4-23(35-30(11(2)36-23)8-13-15(25)5-12(24)6-16(13)26)17-9-28(10)22(34)18-20(32)19(31)14(21(27)33)7-29(17)18/h5-7,10-11,17,32H,3-4,8-9H2,1-2H3,(H2,27,33)/t10-,11?,17+,23-/m0/s1. The molecule has 13 heteroatoms. The van der Waals surface area contributed by atoms with Gasteiger partial charge in [-0.05, 0) is 26.7 Å². The second-order valence-corrected chi connectivity index (χ2v) is 10.9. The molecule has 0 saturated carbocycles. The maximum Gasteiger partial charge on any atom is 0.274 e. The third kappa shape index (κ3) is 3.68. The number of nitrogens with zero attached hydrogens (tertiary/aromatic N) is 3. The van der Waals surface area contributed by atoms with E-state index in [2.05, 4.69) is 0 Å². The Balaban J connectivity index is 1.60. The van der Waals surface area contributed by atoms with E-state index in [0.717, 1.165) is 6.20 Å². The number of carbonyl (C=O) groups is 2. The van der Waals surface area contributed by atoms with Crippen LogP contribution in [0.2, 0.25) is 0 Å². The lowest BCUT2D eigenvalue weighted by molar-refractivity contribution is -0.219. The van der Waals surface area contributed by atoms with E-state index in [4.69, 9.17) is 10.6 Å². The van der Waals surface area contributed by atoms with Gasteiger partial charge >= 0.3 is 0 Å². The quantitative estimate of drug-likeness (QED) is 0.634. The summed E-state index contributed by atoms with van der Waals surface area (Å²) in [6.07, 6.45) is 2.06. The van der Waals surface area contributed by atoms with Crippen LogP contribution in [0.1, 0.15) is 59.1 Å². The van der Waals surface area contributed by atoms with Gasteiger partial charge in [0.15, 0.2) is 16.4 Å². The van der Waals surface area contributed by atoms with Gasteiger partial charge in [-0.3, -0.25) is 19.2 Å². The molecule has 1 unspecified atom stereocenters. The van der Waals surface area contributed by atoms with Crippen molar-refractivity contribution < 1.29 is 32.7 Å². The Morgan fingerprint density at radius 2 is 1.92 bits per heavy atom. The number of thioether (sulfide) groups is 1. The molecule has 36 heavy (non-hydrogen) atoms. The van der Waals surface area contributed by atoms with Crippen molar-refractivity contribution in [2.45, 2.75) is 55.6 Å². The number of aromatic hydroxyl groups is 1. The monoisotopic (exact) mass is 524 g/mol. The zero-order valence-electron chi connectivity index (χ0n) is 19.3. The van der Waals surface area contributed by atoms with Gasteiger partial charge in [0.05, 0.1) is 18.0 Å². The smallest absolute Gasteiger partial charge is 0.274 e. The zero-order chi connectivity index (χ0) is 26.1. The highest BCUT2D eigenvalue weighted by molar-refractivity contribution is 8.01. The topological polar surface area (TPSA) is 118 Å². The van der Waals surface area contributed by atoms with Crippen LogP contribution < -0.4 is 11.2 Å². The van der Waals surface area contributed by atoms with Gasteiger partial charge in [-0.2, -0.15) is 5.06 Å². The summed E-state index contributed by atoms with van der Waals surface area (Å²) in [6.45, 7) is 3.44. The summed E-state index contributed by atoms with van der Waals surface area (Å²) in [5, 5.41) is 11.6. The van der Waals surface area contributed by atoms with Gasteiger partial charge in [-0.1, -0.05) is 0 Å². The molecule has 3 aliphatic rings. The number of pyridine rings is 1. The number of rotatable bonds is 3. The molecule has 0 radical (unpaired) electrons. The summed E-state index contributed by atoms with van der Waals surface area (Å²) < 4.78 is 43.5. The average Bonchev–Trinajstić information content (AvgIpc) is 3.06. The highest BCUT2D eigenvalue weighted by atomic mass is 32.2. The van der Waals surface area contributed by atoms with Crippen LogP contribution in [0.15, 0.2) is 23.1 Å². The average molecular weight is 525 g/mol. The van der Waals surface area contributed by atoms with Crippen molar-refractivity contribution in [2.24, 2.45) is 5.73 Å². The van der Waals surface area contributed by atoms with Crippen molar-refractivity contribution in [3.8, 4) is 5.75 Å². The van der Waals surface area contributed by atoms with Crippen LogP contribution in [0.25, 0.3) is 0 Å². The maximum absolute atomic E-state index is 14.4. The summed E-state index contributed by atoms with van der Waals surface area (Å²) in [5.41, 5.74) is 3.19. The van der Waals surface area contributed by atoms with E-state index in [0.29, 0.717) is 25.0 Å². The van der Waals surface area contributed by atoms with Crippen LogP contribution >= 0.6 is 11.8 Å². The highest BCUT2D eigenvalue weighted by Gasteiger charge is 2.56. The van der Waals surface area contributed by atoms with Crippen molar-refractivity contribution in [1.29, 1.82) is 0 Å². The normalized spacial score (nSPS) is 27.9. The lowest BCUT2D eigenvalue weighted by Crippen LogP contribution is -2.51. The first-order valence-electron chi connectivity index (χ1n) is 11.3. The first-order chi connectivity index (χ1) is 16.9. The molecule has 2 amide bonds. The van der Waals surface area contributed by atoms with Crippen LogP contribution in [-0.2, 0) is 11.4 Å². The first-order valence-corrected chi connectivity index (χ1v) is 12.2. The van der Waals surface area contributed by atoms with E-state index in [-0.39, 0.29) is 30.4 Å². The molecule has 9 nitrogen and oxygen atoms in total. The Labute approximate surface area is 207 Å². The Bertz CT molecular complexity index is 1330. The molecule has 2 bridgehead atoms. The zero-order valence-corrected chi connectivity index (χ0v) is 20.2. The molecule has 2 aromatic rings. The van der Waals surface area contributed by atoms with E-state index in [1.807, 2.05) is 6.92 Å². The number of nitrogens with two attached hydrogens (primary N) is 1. The number of aromatic nitrogens is 1. The number of fused-ring (bicyclic) bond motifs is 5. The molecule has 1 aromatic heterocycles. The second-order valence-electron chi connectivity index (χ2n) is 9.25. The molecule has 0 aliphatic carbocycles. The number of carbonyl (C=O) groups excluding carboxylic acids is 2. The molecule has 192 valence electrons. The molecule has 1 aromatic carbocycles. The minimum atomic E-state index is -1.08. The van der Waals surface area contributed by atoms with E-state index < -0.39 is 62.4 Å².